The van der Waals surface area contributed by atoms with E-state index in [-0.39, 0.29) is 0 Å². The summed E-state index contributed by atoms with van der Waals surface area (Å²) in [7, 11) is 1.55. The quantitative estimate of drug-likeness (QED) is 0.206. The molecule has 0 heterocycles. The first kappa shape index (κ1) is 22.5. The van der Waals surface area contributed by atoms with E-state index in [0.29, 0.717) is 0 Å². The third kappa shape index (κ3) is 8.02. The molecule has 0 unspecified atom stereocenters. The van der Waals surface area contributed by atoms with E-state index in [2.05, 4.69) is 72.9 Å². The lowest BCUT2D eigenvalue weighted by atomic mass is 10.1. The molecule has 156 valence electrons. The summed E-state index contributed by atoms with van der Waals surface area (Å²) >= 11 is 0. The van der Waals surface area contributed by atoms with Crippen molar-refractivity contribution in [1.82, 2.24) is 0 Å². The molecule has 4 heteroatoms. The second-order valence-corrected chi connectivity index (χ2v) is 7.21. The zero-order valence-electron chi connectivity index (χ0n) is 18.2. The van der Waals surface area contributed by atoms with Gasteiger partial charge >= 0.3 is 0 Å². The smallest absolute Gasteiger partial charge is 0.125 e. The molecule has 0 aliphatic rings. The largest absolute Gasteiger partial charge is 0.493 e. The number of benzene rings is 2. The van der Waals surface area contributed by atoms with Crippen molar-refractivity contribution in [2.45, 2.75) is 46.5 Å². The summed E-state index contributed by atoms with van der Waals surface area (Å²) in [5, 5.41) is 7.19. The van der Waals surface area contributed by atoms with E-state index in [0.717, 1.165) is 49.4 Å². The average Bonchev–Trinajstić information content (AvgIpc) is 2.71. The van der Waals surface area contributed by atoms with E-state index in [1.165, 1.54) is 23.1 Å². The maximum atomic E-state index is 6.09. The maximum absolute atomic E-state index is 6.09. The summed E-state index contributed by atoms with van der Waals surface area (Å²) < 4.78 is 6.09. The van der Waals surface area contributed by atoms with Crippen molar-refractivity contribution in [2.75, 3.05) is 25.6 Å². The van der Waals surface area contributed by atoms with E-state index in [9.17, 15) is 0 Å². The number of allylic oxidation sites excluding steroid dienone is 1. The van der Waals surface area contributed by atoms with Crippen molar-refractivity contribution in [1.29, 1.82) is 0 Å². The summed E-state index contributed by atoms with van der Waals surface area (Å²) in [6.45, 7) is 7.87. The predicted molar refractivity (Wildman–Crippen MR) is 123 cm³/mol. The molecule has 0 spiro atoms. The van der Waals surface area contributed by atoms with E-state index in [4.69, 9.17) is 9.57 Å². The lowest BCUT2D eigenvalue weighted by Gasteiger charge is -2.14. The van der Waals surface area contributed by atoms with Crippen LogP contribution in [0.1, 0.15) is 48.4 Å². The molecule has 0 atom stereocenters. The number of ether oxygens (including phenoxy) is 1. The van der Waals surface area contributed by atoms with Crippen molar-refractivity contribution in [2.24, 2.45) is 5.16 Å². The number of aryl methyl sites for hydroxylation is 3. The highest BCUT2D eigenvalue weighted by Crippen LogP contribution is 2.27. The van der Waals surface area contributed by atoms with E-state index >= 15 is 0 Å². The maximum Gasteiger partial charge on any atom is 0.125 e. The van der Waals surface area contributed by atoms with E-state index in [1.54, 1.807) is 13.3 Å². The van der Waals surface area contributed by atoms with Gasteiger partial charge in [-0.05, 0) is 80.8 Å². The molecule has 0 radical (unpaired) electrons. The normalized spacial score (nSPS) is 11.3. The Labute approximate surface area is 175 Å². The Morgan fingerprint density at radius 3 is 2.38 bits per heavy atom. The Balaban J connectivity index is 1.70. The fourth-order valence-electron chi connectivity index (χ4n) is 3.24. The molecule has 0 fully saturated rings. The first-order valence-corrected chi connectivity index (χ1v) is 10.4. The van der Waals surface area contributed by atoms with Crippen LogP contribution in [0.5, 0.6) is 5.75 Å². The Bertz CT molecular complexity index is 772. The standard InChI is InChI=1S/C25H34N2O2/c1-5-6-15-26-24-17-20(2)25(21(3)18-24)29-16-9-7-8-10-22-11-13-23(14-12-22)19-27-28-4/h5-6,11-14,17-19,26H,7-10,15-16H2,1-4H3/b6-5+,27-19?. The van der Waals surface area contributed by atoms with Crippen LogP contribution in [0, 0.1) is 13.8 Å². The van der Waals surface area contributed by atoms with Crippen molar-refractivity contribution >= 4 is 11.9 Å². The van der Waals surface area contributed by atoms with Gasteiger partial charge in [0.05, 0.1) is 12.8 Å². The minimum Gasteiger partial charge on any atom is -0.493 e. The van der Waals surface area contributed by atoms with Gasteiger partial charge < -0.3 is 14.9 Å². The third-order valence-electron chi connectivity index (χ3n) is 4.76. The Hall–Kier alpha value is -2.75. The minimum atomic E-state index is 0.763. The Morgan fingerprint density at radius 2 is 1.72 bits per heavy atom. The van der Waals surface area contributed by atoms with E-state index in [1.807, 2.05) is 6.92 Å². The van der Waals surface area contributed by atoms with Crippen LogP contribution < -0.4 is 10.1 Å². The number of nitrogens with one attached hydrogen (secondary N) is 1. The van der Waals surface area contributed by atoms with Crippen LogP contribution in [0.15, 0.2) is 53.7 Å². The number of oxime groups is 1. The van der Waals surface area contributed by atoms with Crippen LogP contribution in [0.25, 0.3) is 0 Å². The minimum absolute atomic E-state index is 0.763. The highest BCUT2D eigenvalue weighted by molar-refractivity contribution is 5.79. The molecular formula is C25H34N2O2. The second-order valence-electron chi connectivity index (χ2n) is 7.21. The van der Waals surface area contributed by atoms with Crippen LogP contribution in [0.3, 0.4) is 0 Å². The topological polar surface area (TPSA) is 42.8 Å². The molecule has 0 aliphatic heterocycles. The predicted octanol–water partition coefficient (Wildman–Crippen LogP) is 6.06. The summed E-state index contributed by atoms with van der Waals surface area (Å²) in [4.78, 5) is 4.70. The molecule has 0 aromatic heterocycles. The van der Waals surface area contributed by atoms with Crippen LogP contribution in [-0.2, 0) is 11.3 Å². The molecule has 2 rings (SSSR count). The summed E-state index contributed by atoms with van der Waals surface area (Å²) in [6, 6.07) is 12.8. The van der Waals surface area contributed by atoms with Gasteiger partial charge in [0.15, 0.2) is 0 Å². The molecule has 2 aromatic rings. The van der Waals surface area contributed by atoms with Gasteiger partial charge in [0.1, 0.15) is 12.9 Å². The van der Waals surface area contributed by atoms with Gasteiger partial charge in [0, 0.05) is 12.2 Å². The first-order valence-electron chi connectivity index (χ1n) is 10.4. The van der Waals surface area contributed by atoms with Crippen LogP contribution in [0.2, 0.25) is 0 Å². The molecule has 0 saturated heterocycles. The summed E-state index contributed by atoms with van der Waals surface area (Å²) in [5.41, 5.74) is 5.92. The zero-order valence-corrected chi connectivity index (χ0v) is 18.2. The number of anilines is 1. The van der Waals surface area contributed by atoms with Crippen molar-refractivity contribution < 1.29 is 9.57 Å². The lowest BCUT2D eigenvalue weighted by Crippen LogP contribution is -2.03. The first-order chi connectivity index (χ1) is 14.1. The zero-order chi connectivity index (χ0) is 20.9. The SMILES string of the molecule is C/C=C/CNc1cc(C)c(OCCCCCc2ccc(C=NOC)cc2)c(C)c1. The molecule has 29 heavy (non-hydrogen) atoms. The van der Waals surface area contributed by atoms with Crippen LogP contribution in [0.4, 0.5) is 5.69 Å². The third-order valence-corrected chi connectivity index (χ3v) is 4.76. The van der Waals surface area contributed by atoms with Crippen LogP contribution >= 0.6 is 0 Å². The van der Waals surface area contributed by atoms with Crippen molar-refractivity contribution in [3.05, 3.63) is 70.8 Å². The van der Waals surface area contributed by atoms with Gasteiger partial charge in [0.25, 0.3) is 0 Å². The van der Waals surface area contributed by atoms with Gasteiger partial charge in [-0.3, -0.25) is 0 Å². The number of hydrogen-bond acceptors (Lipinski definition) is 4. The van der Waals surface area contributed by atoms with Gasteiger partial charge in [-0.1, -0.05) is 41.6 Å². The van der Waals surface area contributed by atoms with Gasteiger partial charge in [-0.15, -0.1) is 0 Å². The van der Waals surface area contributed by atoms with Gasteiger partial charge in [-0.2, -0.15) is 0 Å². The fraction of sp³-hybridized carbons (Fsp3) is 0.400. The van der Waals surface area contributed by atoms with E-state index < -0.39 is 0 Å². The van der Waals surface area contributed by atoms with Gasteiger partial charge in [0.2, 0.25) is 0 Å². The monoisotopic (exact) mass is 394 g/mol. The summed E-state index contributed by atoms with van der Waals surface area (Å²) in [6.07, 6.45) is 10.4. The second kappa shape index (κ2) is 12.7. The molecule has 0 aliphatic carbocycles. The molecule has 0 saturated carbocycles. The lowest BCUT2D eigenvalue weighted by molar-refractivity contribution is 0.215. The fourth-order valence-corrected chi connectivity index (χ4v) is 3.24. The number of unbranched alkanes of at least 4 members (excludes halogenated alkanes) is 2. The van der Waals surface area contributed by atoms with Gasteiger partial charge in [-0.25, -0.2) is 0 Å². The molecular weight excluding hydrogens is 360 g/mol. The molecule has 0 bridgehead atoms. The van der Waals surface area contributed by atoms with Crippen molar-refractivity contribution in [3.8, 4) is 5.75 Å². The number of rotatable bonds is 12. The average molecular weight is 395 g/mol. The Kier molecular flexibility index (Phi) is 9.84. The molecule has 0 amide bonds. The molecule has 2 aromatic carbocycles. The molecule has 4 nitrogen and oxygen atoms in total. The highest BCUT2D eigenvalue weighted by Gasteiger charge is 2.06. The number of nitrogens with zero attached hydrogens (tertiary/aromatic N) is 1. The van der Waals surface area contributed by atoms with Crippen molar-refractivity contribution in [3.63, 3.8) is 0 Å². The molecule has 1 N–H and O–H groups in total. The Morgan fingerprint density at radius 1 is 1.00 bits per heavy atom. The van der Waals surface area contributed by atoms with Crippen LogP contribution in [-0.4, -0.2) is 26.5 Å². The highest BCUT2D eigenvalue weighted by atomic mass is 16.6. The number of hydrogen-bond donors (Lipinski definition) is 1. The summed E-state index contributed by atoms with van der Waals surface area (Å²) in [5.74, 6) is 1.02.